The van der Waals surface area contributed by atoms with Gasteiger partial charge in [-0.15, -0.1) is 10.2 Å². The number of benzene rings is 3. The lowest BCUT2D eigenvalue weighted by Crippen LogP contribution is -2.28. The maximum Gasteiger partial charge on any atom is 0.416 e. The number of halogens is 4. The molecule has 0 spiro atoms. The summed E-state index contributed by atoms with van der Waals surface area (Å²) in [5, 5.41) is 12.4. The predicted octanol–water partition coefficient (Wildman–Crippen LogP) is 6.73. The molecule has 1 amide bonds. The van der Waals surface area contributed by atoms with E-state index in [0.717, 1.165) is 12.1 Å². The lowest BCUT2D eigenvalue weighted by Gasteiger charge is -2.17. The van der Waals surface area contributed by atoms with Gasteiger partial charge in [0.05, 0.1) is 24.4 Å². The molecule has 1 heterocycles. The number of rotatable bonds is 8. The third kappa shape index (κ3) is 6.44. The summed E-state index contributed by atoms with van der Waals surface area (Å²) in [5.74, 6) is 0.993. The second-order valence-electron chi connectivity index (χ2n) is 8.07. The molecule has 4 aromatic rings. The molecule has 0 bridgehead atoms. The Hall–Kier alpha value is -3.50. The number of aromatic nitrogens is 3. The van der Waals surface area contributed by atoms with Crippen LogP contribution in [0.15, 0.2) is 78.0 Å². The van der Waals surface area contributed by atoms with Gasteiger partial charge in [-0.25, -0.2) is 0 Å². The van der Waals surface area contributed by atoms with Gasteiger partial charge in [0, 0.05) is 16.3 Å². The molecule has 1 aromatic heterocycles. The van der Waals surface area contributed by atoms with E-state index in [-0.39, 0.29) is 11.7 Å². The molecular formula is C26H22ClF3N4O2S. The molecule has 192 valence electrons. The fraction of sp³-hybridized carbons (Fsp3) is 0.192. The lowest BCUT2D eigenvalue weighted by atomic mass is 10.1. The van der Waals surface area contributed by atoms with Gasteiger partial charge in [0.2, 0.25) is 0 Å². The summed E-state index contributed by atoms with van der Waals surface area (Å²) in [4.78, 5) is 12.8. The zero-order valence-electron chi connectivity index (χ0n) is 19.8. The summed E-state index contributed by atoms with van der Waals surface area (Å²) in [5.41, 5.74) is 0.880. The van der Waals surface area contributed by atoms with E-state index in [9.17, 15) is 18.0 Å². The molecule has 0 saturated heterocycles. The van der Waals surface area contributed by atoms with Crippen LogP contribution in [-0.4, -0.2) is 27.8 Å². The highest BCUT2D eigenvalue weighted by molar-refractivity contribution is 7.98. The van der Waals surface area contributed by atoms with E-state index in [4.69, 9.17) is 16.3 Å². The average Bonchev–Trinajstić information content (AvgIpc) is 3.31. The maximum atomic E-state index is 13.1. The minimum atomic E-state index is -4.42. The molecule has 0 radical (unpaired) electrons. The van der Waals surface area contributed by atoms with Crippen LogP contribution in [-0.2, 0) is 11.9 Å². The highest BCUT2D eigenvalue weighted by Crippen LogP contribution is 2.32. The zero-order chi connectivity index (χ0) is 26.6. The topological polar surface area (TPSA) is 69.0 Å². The molecule has 0 unspecified atom stereocenters. The number of nitrogens with one attached hydrogen (secondary N) is 1. The molecule has 0 aliphatic rings. The molecule has 0 aliphatic carbocycles. The van der Waals surface area contributed by atoms with Crippen molar-refractivity contribution in [2.24, 2.45) is 0 Å². The highest BCUT2D eigenvalue weighted by atomic mass is 35.5. The Balaban J connectivity index is 1.60. The fourth-order valence-corrected chi connectivity index (χ4v) is 4.67. The van der Waals surface area contributed by atoms with E-state index in [2.05, 4.69) is 15.5 Å². The number of hydrogen-bond acceptors (Lipinski definition) is 5. The summed E-state index contributed by atoms with van der Waals surface area (Å²) in [6.07, 6.45) is -4.42. The van der Waals surface area contributed by atoms with Crippen LogP contribution in [0.3, 0.4) is 0 Å². The molecule has 0 fully saturated rings. The normalized spacial score (nSPS) is 12.3. The van der Waals surface area contributed by atoms with Gasteiger partial charge in [-0.05, 0) is 61.0 Å². The van der Waals surface area contributed by atoms with Crippen LogP contribution in [0.5, 0.6) is 5.75 Å². The summed E-state index contributed by atoms with van der Waals surface area (Å²) < 4.78 is 46.2. The van der Waals surface area contributed by atoms with Gasteiger partial charge in [0.15, 0.2) is 11.0 Å². The number of alkyl halides is 3. The van der Waals surface area contributed by atoms with Gasteiger partial charge >= 0.3 is 6.18 Å². The fourth-order valence-electron chi connectivity index (χ4n) is 3.59. The van der Waals surface area contributed by atoms with E-state index in [1.54, 1.807) is 67.1 Å². The second-order valence-corrected chi connectivity index (χ2v) is 9.45. The number of nitrogens with zero attached hydrogens (tertiary/aromatic N) is 3. The first-order valence-electron chi connectivity index (χ1n) is 11.1. The first-order chi connectivity index (χ1) is 17.7. The predicted molar refractivity (Wildman–Crippen MR) is 136 cm³/mol. The smallest absolute Gasteiger partial charge is 0.416 e. The average molecular weight is 547 g/mol. The number of ether oxygens (including phenoxy) is 1. The Labute approximate surface area is 220 Å². The monoisotopic (exact) mass is 546 g/mol. The van der Waals surface area contributed by atoms with Crippen molar-refractivity contribution in [2.45, 2.75) is 30.1 Å². The van der Waals surface area contributed by atoms with Crippen molar-refractivity contribution in [1.29, 1.82) is 0 Å². The van der Waals surface area contributed by atoms with E-state index in [1.807, 2.05) is 6.07 Å². The third-order valence-electron chi connectivity index (χ3n) is 5.43. The van der Waals surface area contributed by atoms with Gasteiger partial charge < -0.3 is 10.1 Å². The van der Waals surface area contributed by atoms with Gasteiger partial charge in [0.1, 0.15) is 5.75 Å². The Morgan fingerprint density at radius 1 is 1.08 bits per heavy atom. The van der Waals surface area contributed by atoms with Crippen molar-refractivity contribution >= 4 is 29.3 Å². The van der Waals surface area contributed by atoms with Gasteiger partial charge in [-0.2, -0.15) is 13.2 Å². The molecule has 4 rings (SSSR count). The SMILES string of the molecule is COc1ccc(C(=O)N[C@H](C)c2nnc(SCc3cccc(C(F)(F)F)c3)n2-c2cccc(Cl)c2)cc1. The summed E-state index contributed by atoms with van der Waals surface area (Å²) in [6.45, 7) is 1.77. The number of carbonyl (C=O) groups is 1. The number of thioether (sulfide) groups is 1. The molecule has 3 aromatic carbocycles. The molecule has 37 heavy (non-hydrogen) atoms. The molecule has 1 atom stereocenters. The zero-order valence-corrected chi connectivity index (χ0v) is 21.4. The quantitative estimate of drug-likeness (QED) is 0.248. The van der Waals surface area contributed by atoms with Crippen molar-refractivity contribution in [3.8, 4) is 11.4 Å². The maximum absolute atomic E-state index is 13.1. The molecule has 6 nitrogen and oxygen atoms in total. The summed E-state index contributed by atoms with van der Waals surface area (Å²) in [7, 11) is 1.54. The van der Waals surface area contributed by atoms with Crippen LogP contribution in [0, 0.1) is 0 Å². The van der Waals surface area contributed by atoms with E-state index >= 15 is 0 Å². The summed E-state index contributed by atoms with van der Waals surface area (Å²) in [6, 6.07) is 18.3. The van der Waals surface area contributed by atoms with Crippen LogP contribution in [0.1, 0.15) is 40.3 Å². The number of amides is 1. The van der Waals surface area contributed by atoms with Crippen molar-refractivity contribution in [2.75, 3.05) is 7.11 Å². The van der Waals surface area contributed by atoms with Crippen molar-refractivity contribution < 1.29 is 22.7 Å². The standard InChI is InChI=1S/C26H22ClF3N4O2S/c1-16(31-24(35)18-9-11-22(36-2)12-10-18)23-32-33-25(34(23)21-8-4-7-20(27)14-21)37-15-17-5-3-6-19(13-17)26(28,29)30/h3-14,16H,15H2,1-2H3,(H,31,35)/t16-/m1/s1. The van der Waals surface area contributed by atoms with Crippen LogP contribution >= 0.6 is 23.4 Å². The Kier molecular flexibility index (Phi) is 8.09. The third-order valence-corrected chi connectivity index (χ3v) is 6.67. The minimum Gasteiger partial charge on any atom is -0.497 e. The van der Waals surface area contributed by atoms with Crippen molar-refractivity contribution in [3.05, 3.63) is 100 Å². The van der Waals surface area contributed by atoms with Crippen molar-refractivity contribution in [3.63, 3.8) is 0 Å². The second kappa shape index (κ2) is 11.3. The Morgan fingerprint density at radius 3 is 2.49 bits per heavy atom. The van der Waals surface area contributed by atoms with Gasteiger partial charge in [-0.1, -0.05) is 47.6 Å². The number of hydrogen-bond donors (Lipinski definition) is 1. The number of carbonyl (C=O) groups excluding carboxylic acids is 1. The van der Waals surface area contributed by atoms with E-state index < -0.39 is 17.8 Å². The van der Waals surface area contributed by atoms with E-state index in [1.165, 1.54) is 17.8 Å². The molecule has 1 N–H and O–H groups in total. The highest BCUT2D eigenvalue weighted by Gasteiger charge is 2.30. The summed E-state index contributed by atoms with van der Waals surface area (Å²) >= 11 is 7.45. The minimum absolute atomic E-state index is 0.231. The van der Waals surface area contributed by atoms with Crippen LogP contribution in [0.25, 0.3) is 5.69 Å². The molecule has 11 heteroatoms. The molecular weight excluding hydrogens is 525 g/mol. The number of methoxy groups -OCH3 is 1. The van der Waals surface area contributed by atoms with Crippen LogP contribution in [0.4, 0.5) is 13.2 Å². The first kappa shape index (κ1) is 26.6. The van der Waals surface area contributed by atoms with Crippen LogP contribution in [0.2, 0.25) is 5.02 Å². The van der Waals surface area contributed by atoms with Gasteiger partial charge in [-0.3, -0.25) is 9.36 Å². The van der Waals surface area contributed by atoms with Gasteiger partial charge in [0.25, 0.3) is 5.91 Å². The molecule has 0 aliphatic heterocycles. The molecule has 0 saturated carbocycles. The van der Waals surface area contributed by atoms with E-state index in [0.29, 0.717) is 38.6 Å². The lowest BCUT2D eigenvalue weighted by molar-refractivity contribution is -0.137. The first-order valence-corrected chi connectivity index (χ1v) is 12.5. The Bertz CT molecular complexity index is 1390. The largest absolute Gasteiger partial charge is 0.497 e. The van der Waals surface area contributed by atoms with Crippen molar-refractivity contribution in [1.82, 2.24) is 20.1 Å². The van der Waals surface area contributed by atoms with Crippen LogP contribution < -0.4 is 10.1 Å². The Morgan fingerprint density at radius 2 is 1.81 bits per heavy atom.